The molecule has 0 aliphatic carbocycles. The van der Waals surface area contributed by atoms with Gasteiger partial charge in [0.15, 0.2) is 0 Å². The van der Waals surface area contributed by atoms with E-state index in [1.54, 1.807) is 12.1 Å². The number of benzene rings is 1. The van der Waals surface area contributed by atoms with Crippen LogP contribution in [0.1, 0.15) is 32.8 Å². The Morgan fingerprint density at radius 3 is 2.50 bits per heavy atom. The molecule has 0 aliphatic rings. The molecular weight excluding hydrogens is 282 g/mol. The second-order valence-electron chi connectivity index (χ2n) is 6.05. The number of nitrogens with two attached hydrogens (primary N) is 1. The summed E-state index contributed by atoms with van der Waals surface area (Å²) in [5, 5.41) is 5.44. The molecule has 6 heteroatoms. The molecule has 2 amide bonds. The molecule has 22 heavy (non-hydrogen) atoms. The quantitative estimate of drug-likeness (QED) is 0.552. The topological polar surface area (TPSA) is 93.5 Å². The number of nitrogens with one attached hydrogen (secondary N) is 2. The van der Waals surface area contributed by atoms with Crippen LogP contribution in [0, 0.1) is 0 Å². The highest BCUT2D eigenvalue weighted by atomic mass is 16.6. The Morgan fingerprint density at radius 2 is 1.86 bits per heavy atom. The summed E-state index contributed by atoms with van der Waals surface area (Å²) in [6.45, 7) is 6.37. The number of anilines is 1. The third-order valence-corrected chi connectivity index (χ3v) is 2.66. The van der Waals surface area contributed by atoms with Gasteiger partial charge in [-0.05, 0) is 44.9 Å². The summed E-state index contributed by atoms with van der Waals surface area (Å²) in [6, 6.07) is 7.25. The highest BCUT2D eigenvalue weighted by Crippen LogP contribution is 2.07. The number of hydrogen-bond donors (Lipinski definition) is 3. The number of ether oxygens (including phenoxy) is 1. The van der Waals surface area contributed by atoms with Crippen LogP contribution in [-0.2, 0) is 16.0 Å². The second-order valence-corrected chi connectivity index (χ2v) is 6.05. The molecule has 1 aromatic carbocycles. The summed E-state index contributed by atoms with van der Waals surface area (Å²) in [5.41, 5.74) is 6.68. The van der Waals surface area contributed by atoms with Gasteiger partial charge < -0.3 is 21.1 Å². The summed E-state index contributed by atoms with van der Waals surface area (Å²) in [5.74, 6) is -0.0668. The fraction of sp³-hybridized carbons (Fsp3) is 0.500. The lowest BCUT2D eigenvalue weighted by molar-refractivity contribution is -0.120. The van der Waals surface area contributed by atoms with Crippen molar-refractivity contribution in [1.82, 2.24) is 10.6 Å². The van der Waals surface area contributed by atoms with E-state index in [1.807, 2.05) is 32.9 Å². The largest absolute Gasteiger partial charge is 0.444 e. The standard InChI is InChI=1S/C16H25N3O3/c1-16(2,3)22-15(21)19-9-5-8-18-14(20)11-12-6-4-7-13(17)10-12/h4,6-7,10H,5,8-9,11,17H2,1-3H3,(H,18,20)(H,19,21). The van der Waals surface area contributed by atoms with Crippen molar-refractivity contribution in [3.63, 3.8) is 0 Å². The molecule has 0 saturated carbocycles. The van der Waals surface area contributed by atoms with Gasteiger partial charge >= 0.3 is 6.09 Å². The highest BCUT2D eigenvalue weighted by molar-refractivity contribution is 5.78. The molecule has 4 N–H and O–H groups in total. The molecule has 0 unspecified atom stereocenters. The molecule has 1 aromatic rings. The van der Waals surface area contributed by atoms with Crippen LogP contribution in [0.15, 0.2) is 24.3 Å². The average Bonchev–Trinajstić information content (AvgIpc) is 2.36. The number of hydrogen-bond acceptors (Lipinski definition) is 4. The fourth-order valence-electron chi connectivity index (χ4n) is 1.77. The predicted octanol–water partition coefficient (Wildman–Crippen LogP) is 1.84. The molecule has 122 valence electrons. The number of rotatable bonds is 6. The third-order valence-electron chi connectivity index (χ3n) is 2.66. The predicted molar refractivity (Wildman–Crippen MR) is 86.4 cm³/mol. The Hall–Kier alpha value is -2.24. The van der Waals surface area contributed by atoms with E-state index in [4.69, 9.17) is 10.5 Å². The number of nitrogen functional groups attached to an aromatic ring is 1. The Bertz CT molecular complexity index is 510. The number of carbonyl (C=O) groups excluding carboxylic acids is 2. The van der Waals surface area contributed by atoms with E-state index in [0.717, 1.165) is 5.56 Å². The van der Waals surface area contributed by atoms with Crippen LogP contribution in [0.4, 0.5) is 10.5 Å². The monoisotopic (exact) mass is 307 g/mol. The molecule has 0 atom stereocenters. The van der Waals surface area contributed by atoms with Crippen LogP contribution in [0.3, 0.4) is 0 Å². The average molecular weight is 307 g/mol. The molecular formula is C16H25N3O3. The molecule has 0 aromatic heterocycles. The van der Waals surface area contributed by atoms with E-state index in [-0.39, 0.29) is 5.91 Å². The zero-order valence-electron chi connectivity index (χ0n) is 13.4. The normalized spacial score (nSPS) is 10.9. The van der Waals surface area contributed by atoms with Gasteiger partial charge in [-0.25, -0.2) is 4.79 Å². The highest BCUT2D eigenvalue weighted by Gasteiger charge is 2.15. The molecule has 1 rings (SSSR count). The third kappa shape index (κ3) is 8.14. The number of amides is 2. The zero-order chi connectivity index (χ0) is 16.6. The summed E-state index contributed by atoms with van der Waals surface area (Å²) in [6.07, 6.45) is 0.491. The van der Waals surface area contributed by atoms with Crippen molar-refractivity contribution in [1.29, 1.82) is 0 Å². The van der Waals surface area contributed by atoms with Gasteiger partial charge in [0.1, 0.15) is 5.60 Å². The summed E-state index contributed by atoms with van der Waals surface area (Å²) < 4.78 is 5.11. The molecule has 0 aliphatic heterocycles. The van der Waals surface area contributed by atoms with Crippen LogP contribution in [0.2, 0.25) is 0 Å². The van der Waals surface area contributed by atoms with Gasteiger partial charge in [-0.3, -0.25) is 4.79 Å². The van der Waals surface area contributed by atoms with Gasteiger partial charge in [0.25, 0.3) is 0 Å². The first kappa shape index (κ1) is 17.8. The Balaban J connectivity index is 2.14. The van der Waals surface area contributed by atoms with Gasteiger partial charge in [0.2, 0.25) is 5.91 Å². The van der Waals surface area contributed by atoms with Gasteiger partial charge in [-0.1, -0.05) is 12.1 Å². The van der Waals surface area contributed by atoms with E-state index >= 15 is 0 Å². The maximum absolute atomic E-state index is 11.7. The van der Waals surface area contributed by atoms with Crippen molar-refractivity contribution in [2.45, 2.75) is 39.2 Å². The Labute approximate surface area is 131 Å². The van der Waals surface area contributed by atoms with Crippen LogP contribution in [-0.4, -0.2) is 30.7 Å². The summed E-state index contributed by atoms with van der Waals surface area (Å²) in [7, 11) is 0. The van der Waals surface area contributed by atoms with Crippen LogP contribution in [0.5, 0.6) is 0 Å². The van der Waals surface area contributed by atoms with Crippen molar-refractivity contribution >= 4 is 17.7 Å². The first-order chi connectivity index (χ1) is 10.3. The lowest BCUT2D eigenvalue weighted by Crippen LogP contribution is -2.34. The van der Waals surface area contributed by atoms with E-state index in [0.29, 0.717) is 31.6 Å². The first-order valence-corrected chi connectivity index (χ1v) is 7.34. The molecule has 0 bridgehead atoms. The number of carbonyl (C=O) groups is 2. The Morgan fingerprint density at radius 1 is 1.18 bits per heavy atom. The van der Waals surface area contributed by atoms with Crippen molar-refractivity contribution < 1.29 is 14.3 Å². The molecule has 0 heterocycles. The van der Waals surface area contributed by atoms with E-state index in [1.165, 1.54) is 0 Å². The Kier molecular flexibility index (Phi) is 6.69. The molecule has 0 spiro atoms. The molecule has 6 nitrogen and oxygen atoms in total. The van der Waals surface area contributed by atoms with Crippen LogP contribution < -0.4 is 16.4 Å². The molecule has 0 saturated heterocycles. The maximum atomic E-state index is 11.7. The van der Waals surface area contributed by atoms with Crippen molar-refractivity contribution in [2.75, 3.05) is 18.8 Å². The van der Waals surface area contributed by atoms with Crippen LogP contribution >= 0.6 is 0 Å². The van der Waals surface area contributed by atoms with E-state index < -0.39 is 11.7 Å². The molecule has 0 radical (unpaired) electrons. The SMILES string of the molecule is CC(C)(C)OC(=O)NCCCNC(=O)Cc1cccc(N)c1. The van der Waals surface area contributed by atoms with Crippen molar-refractivity contribution in [3.05, 3.63) is 29.8 Å². The lowest BCUT2D eigenvalue weighted by Gasteiger charge is -2.19. The lowest BCUT2D eigenvalue weighted by atomic mass is 10.1. The van der Waals surface area contributed by atoms with E-state index in [2.05, 4.69) is 10.6 Å². The minimum Gasteiger partial charge on any atom is -0.444 e. The zero-order valence-corrected chi connectivity index (χ0v) is 13.4. The second kappa shape index (κ2) is 8.26. The van der Waals surface area contributed by atoms with Gasteiger partial charge in [0, 0.05) is 18.8 Å². The van der Waals surface area contributed by atoms with Crippen molar-refractivity contribution in [3.8, 4) is 0 Å². The van der Waals surface area contributed by atoms with Crippen molar-refractivity contribution in [2.24, 2.45) is 0 Å². The maximum Gasteiger partial charge on any atom is 0.407 e. The first-order valence-electron chi connectivity index (χ1n) is 7.34. The minimum absolute atomic E-state index is 0.0668. The summed E-state index contributed by atoms with van der Waals surface area (Å²) in [4.78, 5) is 23.1. The summed E-state index contributed by atoms with van der Waals surface area (Å²) >= 11 is 0. The fourth-order valence-corrected chi connectivity index (χ4v) is 1.77. The van der Waals surface area contributed by atoms with Gasteiger partial charge in [-0.2, -0.15) is 0 Å². The van der Waals surface area contributed by atoms with Crippen LogP contribution in [0.25, 0.3) is 0 Å². The van der Waals surface area contributed by atoms with E-state index in [9.17, 15) is 9.59 Å². The number of alkyl carbamates (subject to hydrolysis) is 1. The van der Waals surface area contributed by atoms with Gasteiger partial charge in [0.05, 0.1) is 6.42 Å². The smallest absolute Gasteiger partial charge is 0.407 e. The van der Waals surface area contributed by atoms with Gasteiger partial charge in [-0.15, -0.1) is 0 Å². The molecule has 0 fully saturated rings. The minimum atomic E-state index is -0.504.